The summed E-state index contributed by atoms with van der Waals surface area (Å²) in [6.07, 6.45) is -4.84. The largest absolute Gasteiger partial charge is 0.486 e. The molecule has 4 rings (SSSR count). The molecule has 0 radical (unpaired) electrons. The minimum atomic E-state index is -4.49. The first-order valence-corrected chi connectivity index (χ1v) is 9.44. The van der Waals surface area contributed by atoms with E-state index < -0.39 is 23.9 Å². The predicted octanol–water partition coefficient (Wildman–Crippen LogP) is 4.36. The molecule has 0 saturated carbocycles. The maximum atomic E-state index is 13.8. The van der Waals surface area contributed by atoms with Crippen molar-refractivity contribution in [3.63, 3.8) is 0 Å². The third kappa shape index (κ3) is 3.87. The summed E-state index contributed by atoms with van der Waals surface area (Å²) in [5.74, 6) is -0.919. The fourth-order valence-corrected chi connectivity index (χ4v) is 3.50. The Hall–Kier alpha value is -3.37. The van der Waals surface area contributed by atoms with Crippen LogP contribution in [-0.4, -0.2) is 33.6 Å². The number of para-hydroxylation sites is 1. The van der Waals surface area contributed by atoms with Crippen LogP contribution in [0.2, 0.25) is 0 Å². The van der Waals surface area contributed by atoms with E-state index in [2.05, 4.69) is 10.3 Å². The third-order valence-electron chi connectivity index (χ3n) is 5.06. The van der Waals surface area contributed by atoms with Crippen molar-refractivity contribution in [3.05, 3.63) is 58.9 Å². The van der Waals surface area contributed by atoms with Crippen LogP contribution >= 0.6 is 0 Å². The van der Waals surface area contributed by atoms with Gasteiger partial charge in [0.1, 0.15) is 18.2 Å². The molecule has 0 bridgehead atoms. The Labute approximate surface area is 174 Å². The summed E-state index contributed by atoms with van der Waals surface area (Å²) in [6.45, 7) is 2.74. The van der Waals surface area contributed by atoms with Crippen LogP contribution in [0.3, 0.4) is 0 Å². The van der Waals surface area contributed by atoms with Crippen molar-refractivity contribution in [2.75, 3.05) is 11.4 Å². The molecule has 0 spiro atoms. The van der Waals surface area contributed by atoms with Crippen LogP contribution in [-0.2, 0) is 6.61 Å². The lowest BCUT2D eigenvalue weighted by atomic mass is 10.1. The van der Waals surface area contributed by atoms with Gasteiger partial charge >= 0.3 is 6.18 Å². The lowest BCUT2D eigenvalue weighted by Crippen LogP contribution is -2.43. The van der Waals surface area contributed by atoms with E-state index in [1.807, 2.05) is 0 Å². The number of aryl methyl sites for hydroxylation is 2. The smallest absolute Gasteiger partial charge is 0.410 e. The molecule has 1 unspecified atom stereocenters. The highest BCUT2D eigenvalue weighted by atomic mass is 19.4. The molecule has 0 N–H and O–H groups in total. The number of carbonyl (C=O) groups excluding carboxylic acids is 1. The molecule has 31 heavy (non-hydrogen) atoms. The second kappa shape index (κ2) is 7.71. The van der Waals surface area contributed by atoms with Gasteiger partial charge in [-0.2, -0.15) is 18.3 Å². The van der Waals surface area contributed by atoms with E-state index in [9.17, 15) is 22.4 Å². The van der Waals surface area contributed by atoms with Crippen molar-refractivity contribution < 1.29 is 31.6 Å². The van der Waals surface area contributed by atoms with Crippen LogP contribution < -0.4 is 9.64 Å². The maximum absolute atomic E-state index is 13.8. The number of hydrogen-bond acceptors (Lipinski definition) is 5. The van der Waals surface area contributed by atoms with Crippen LogP contribution in [0, 0.1) is 19.7 Å². The summed E-state index contributed by atoms with van der Waals surface area (Å²) >= 11 is 0. The molecule has 2 aromatic heterocycles. The lowest BCUT2D eigenvalue weighted by molar-refractivity contribution is -0.172. The highest BCUT2D eigenvalue weighted by molar-refractivity contribution is 6.05. The topological polar surface area (TPSA) is 73.4 Å². The first kappa shape index (κ1) is 20.9. The zero-order chi connectivity index (χ0) is 22.3. The van der Waals surface area contributed by atoms with Crippen molar-refractivity contribution in [2.24, 2.45) is 0 Å². The number of alkyl halides is 3. The van der Waals surface area contributed by atoms with Gasteiger partial charge in [-0.25, -0.2) is 9.07 Å². The molecule has 7 nitrogen and oxygen atoms in total. The average Bonchev–Trinajstić information content (AvgIpc) is 3.27. The van der Waals surface area contributed by atoms with E-state index in [4.69, 9.17) is 9.26 Å². The normalized spacial score (nSPS) is 16.3. The number of amides is 1. The van der Waals surface area contributed by atoms with E-state index in [-0.39, 0.29) is 48.2 Å². The number of ether oxygens (including phenoxy) is 1. The molecule has 0 saturated heterocycles. The number of aromatic nitrogens is 3. The fraction of sp³-hybridized carbons (Fsp3) is 0.350. The van der Waals surface area contributed by atoms with Gasteiger partial charge in [0.15, 0.2) is 23.3 Å². The minimum absolute atomic E-state index is 0.0128. The summed E-state index contributed by atoms with van der Waals surface area (Å²) in [5.41, 5.74) is 0.530. The number of rotatable bonds is 4. The van der Waals surface area contributed by atoms with Gasteiger partial charge in [0, 0.05) is 12.6 Å². The van der Waals surface area contributed by atoms with E-state index in [0.29, 0.717) is 5.69 Å². The van der Waals surface area contributed by atoms with Crippen LogP contribution in [0.5, 0.6) is 5.75 Å². The molecule has 164 valence electrons. The number of carbonyl (C=O) groups is 1. The van der Waals surface area contributed by atoms with Crippen molar-refractivity contribution in [3.8, 4) is 5.75 Å². The Kier molecular flexibility index (Phi) is 5.19. The molecule has 0 aliphatic carbocycles. The standard InChI is InChI=1S/C20H18F4N4O3/c1-11-9-17-27(8-7-16(20(22,23)24)28(17)25-11)19(29)18-13(12(2)31-26-18)10-30-15-6-4-3-5-14(15)21/h3-6,9,16H,7-8,10H2,1-2H3. The predicted molar refractivity (Wildman–Crippen MR) is 100 cm³/mol. The van der Waals surface area contributed by atoms with Crippen LogP contribution in [0.15, 0.2) is 34.9 Å². The first-order valence-electron chi connectivity index (χ1n) is 9.44. The molecule has 11 heteroatoms. The quantitative estimate of drug-likeness (QED) is 0.566. The Morgan fingerprint density at radius 3 is 2.74 bits per heavy atom. The second-order valence-electron chi connectivity index (χ2n) is 7.18. The average molecular weight is 438 g/mol. The Balaban J connectivity index is 1.62. The monoisotopic (exact) mass is 438 g/mol. The molecule has 3 heterocycles. The van der Waals surface area contributed by atoms with Gasteiger partial charge in [-0.05, 0) is 32.4 Å². The van der Waals surface area contributed by atoms with Gasteiger partial charge in [0.05, 0.1) is 11.3 Å². The van der Waals surface area contributed by atoms with E-state index in [1.54, 1.807) is 19.9 Å². The van der Waals surface area contributed by atoms with Gasteiger partial charge in [-0.1, -0.05) is 17.3 Å². The maximum Gasteiger partial charge on any atom is 0.410 e. The summed E-state index contributed by atoms with van der Waals surface area (Å²) in [4.78, 5) is 14.4. The zero-order valence-corrected chi connectivity index (χ0v) is 16.6. The van der Waals surface area contributed by atoms with Crippen molar-refractivity contribution in [1.82, 2.24) is 14.9 Å². The van der Waals surface area contributed by atoms with E-state index >= 15 is 0 Å². The van der Waals surface area contributed by atoms with Crippen molar-refractivity contribution in [2.45, 2.75) is 39.1 Å². The van der Waals surface area contributed by atoms with E-state index in [1.165, 1.54) is 29.2 Å². The van der Waals surface area contributed by atoms with Crippen LogP contribution in [0.4, 0.5) is 23.4 Å². The molecule has 1 amide bonds. The number of nitrogens with zero attached hydrogens (tertiary/aromatic N) is 4. The van der Waals surface area contributed by atoms with Gasteiger partial charge < -0.3 is 9.26 Å². The molecule has 1 aromatic carbocycles. The van der Waals surface area contributed by atoms with Crippen molar-refractivity contribution >= 4 is 11.7 Å². The Morgan fingerprint density at radius 1 is 1.29 bits per heavy atom. The Bertz CT molecular complexity index is 1120. The summed E-state index contributed by atoms with van der Waals surface area (Å²) in [5, 5.41) is 7.71. The molecule has 1 aliphatic heterocycles. The van der Waals surface area contributed by atoms with Gasteiger partial charge in [-0.15, -0.1) is 0 Å². The summed E-state index contributed by atoms with van der Waals surface area (Å²) < 4.78 is 65.4. The molecule has 1 atom stereocenters. The zero-order valence-electron chi connectivity index (χ0n) is 16.6. The molecular weight excluding hydrogens is 420 g/mol. The summed E-state index contributed by atoms with van der Waals surface area (Å²) in [6, 6.07) is 5.37. The Morgan fingerprint density at radius 2 is 2.03 bits per heavy atom. The number of anilines is 1. The molecular formula is C20H18F4N4O3. The highest BCUT2D eigenvalue weighted by Gasteiger charge is 2.46. The number of benzene rings is 1. The molecule has 1 aliphatic rings. The van der Waals surface area contributed by atoms with Gasteiger partial charge in [0.2, 0.25) is 0 Å². The third-order valence-corrected chi connectivity index (χ3v) is 5.06. The highest BCUT2D eigenvalue weighted by Crippen LogP contribution is 2.40. The fourth-order valence-electron chi connectivity index (χ4n) is 3.50. The lowest BCUT2D eigenvalue weighted by Gasteiger charge is -2.33. The summed E-state index contributed by atoms with van der Waals surface area (Å²) in [7, 11) is 0. The minimum Gasteiger partial charge on any atom is -0.486 e. The number of fused-ring (bicyclic) bond motifs is 1. The number of halogens is 4. The molecule has 0 fully saturated rings. The van der Waals surface area contributed by atoms with Crippen LogP contribution in [0.25, 0.3) is 0 Å². The number of hydrogen-bond donors (Lipinski definition) is 0. The van der Waals surface area contributed by atoms with Gasteiger partial charge in [0.25, 0.3) is 5.91 Å². The van der Waals surface area contributed by atoms with E-state index in [0.717, 1.165) is 4.68 Å². The van der Waals surface area contributed by atoms with Crippen LogP contribution in [0.1, 0.15) is 40.0 Å². The molecule has 3 aromatic rings. The van der Waals surface area contributed by atoms with Gasteiger partial charge in [-0.3, -0.25) is 9.69 Å². The first-order chi connectivity index (χ1) is 14.7. The SMILES string of the molecule is Cc1cc2n(n1)C(C(F)(F)F)CCN2C(=O)c1noc(C)c1COc1ccccc1F. The second-order valence-corrected chi connectivity index (χ2v) is 7.18. The van der Waals surface area contributed by atoms with Crippen molar-refractivity contribution in [1.29, 1.82) is 0 Å².